The molecule has 3 nitrogen and oxygen atoms in total. The fourth-order valence-electron chi connectivity index (χ4n) is 2.77. The Morgan fingerprint density at radius 2 is 1.79 bits per heavy atom. The molecule has 19 heavy (non-hydrogen) atoms. The van der Waals surface area contributed by atoms with Crippen molar-refractivity contribution in [2.45, 2.75) is 32.6 Å². The molecule has 0 spiro atoms. The summed E-state index contributed by atoms with van der Waals surface area (Å²) in [6.07, 6.45) is 4.96. The summed E-state index contributed by atoms with van der Waals surface area (Å²) in [5.41, 5.74) is 2.03. The van der Waals surface area contributed by atoms with Crippen molar-refractivity contribution in [3.8, 4) is 0 Å². The van der Waals surface area contributed by atoms with Crippen LogP contribution in [0.4, 0.5) is 11.4 Å². The van der Waals surface area contributed by atoms with Gasteiger partial charge in [-0.3, -0.25) is 4.79 Å². The summed E-state index contributed by atoms with van der Waals surface area (Å²) in [4.78, 5) is 14.2. The van der Waals surface area contributed by atoms with E-state index in [1.807, 2.05) is 43.3 Å². The highest BCUT2D eigenvalue weighted by Crippen LogP contribution is 2.31. The van der Waals surface area contributed by atoms with E-state index in [-0.39, 0.29) is 11.8 Å². The maximum absolute atomic E-state index is 12.2. The first kappa shape index (κ1) is 13.9. The lowest BCUT2D eigenvalue weighted by molar-refractivity contribution is -0.120. The molecule has 1 aliphatic carbocycles. The van der Waals surface area contributed by atoms with E-state index in [2.05, 4.69) is 12.2 Å². The number of nitrogens with one attached hydrogen (secondary N) is 1. The van der Waals surface area contributed by atoms with Gasteiger partial charge in [0.2, 0.25) is 5.91 Å². The summed E-state index contributed by atoms with van der Waals surface area (Å²) < 4.78 is 0. The lowest BCUT2D eigenvalue weighted by atomic mass is 9.92. The number of carbonyl (C=O) groups is 1. The van der Waals surface area contributed by atoms with Crippen molar-refractivity contribution >= 4 is 17.3 Å². The first-order valence-electron chi connectivity index (χ1n) is 7.16. The Kier molecular flexibility index (Phi) is 4.46. The van der Waals surface area contributed by atoms with Crippen LogP contribution in [0.15, 0.2) is 24.3 Å². The molecule has 0 heterocycles. The van der Waals surface area contributed by atoms with Gasteiger partial charge in [0.1, 0.15) is 0 Å². The molecule has 0 bridgehead atoms. The molecule has 3 heteroatoms. The van der Waals surface area contributed by atoms with Crippen LogP contribution in [0, 0.1) is 11.8 Å². The molecule has 0 radical (unpaired) electrons. The molecule has 1 unspecified atom stereocenters. The highest BCUT2D eigenvalue weighted by molar-refractivity contribution is 5.92. The molecule has 2 rings (SSSR count). The van der Waals surface area contributed by atoms with Gasteiger partial charge in [0, 0.05) is 31.4 Å². The summed E-state index contributed by atoms with van der Waals surface area (Å²) in [6, 6.07) is 7.98. The topological polar surface area (TPSA) is 32.3 Å². The van der Waals surface area contributed by atoms with Crippen LogP contribution in [0.1, 0.15) is 32.6 Å². The molecule has 1 fully saturated rings. The van der Waals surface area contributed by atoms with Crippen LogP contribution in [-0.4, -0.2) is 20.0 Å². The van der Waals surface area contributed by atoms with Gasteiger partial charge in [-0.25, -0.2) is 0 Å². The van der Waals surface area contributed by atoms with E-state index in [1.54, 1.807) is 0 Å². The average Bonchev–Trinajstić information content (AvgIpc) is 2.92. The molecule has 1 saturated carbocycles. The minimum Gasteiger partial charge on any atom is -0.378 e. The lowest BCUT2D eigenvalue weighted by Crippen LogP contribution is -2.25. The molecule has 1 aromatic rings. The summed E-state index contributed by atoms with van der Waals surface area (Å²) in [5, 5.41) is 3.03. The predicted octanol–water partition coefficient (Wildman–Crippen LogP) is 3.52. The van der Waals surface area contributed by atoms with Crippen LogP contribution in [0.25, 0.3) is 0 Å². The Labute approximate surface area is 116 Å². The van der Waals surface area contributed by atoms with Gasteiger partial charge in [0.25, 0.3) is 0 Å². The van der Waals surface area contributed by atoms with Crippen LogP contribution in [0.2, 0.25) is 0 Å². The number of carbonyl (C=O) groups excluding carboxylic acids is 1. The third-order valence-corrected chi connectivity index (χ3v) is 4.17. The monoisotopic (exact) mass is 260 g/mol. The Balaban J connectivity index is 1.94. The fraction of sp³-hybridized carbons (Fsp3) is 0.562. The molecule has 1 amide bonds. The maximum Gasteiger partial charge on any atom is 0.227 e. The number of benzene rings is 1. The van der Waals surface area contributed by atoms with E-state index >= 15 is 0 Å². The van der Waals surface area contributed by atoms with Crippen molar-refractivity contribution in [1.29, 1.82) is 0 Å². The van der Waals surface area contributed by atoms with Gasteiger partial charge >= 0.3 is 0 Å². The summed E-state index contributed by atoms with van der Waals surface area (Å²) in [6.45, 7) is 2.06. The van der Waals surface area contributed by atoms with E-state index < -0.39 is 0 Å². The normalized spacial score (nSPS) is 17.2. The zero-order valence-corrected chi connectivity index (χ0v) is 12.1. The van der Waals surface area contributed by atoms with E-state index in [9.17, 15) is 4.79 Å². The largest absolute Gasteiger partial charge is 0.378 e. The minimum atomic E-state index is 0.121. The molecule has 0 saturated heterocycles. The number of anilines is 2. The van der Waals surface area contributed by atoms with Gasteiger partial charge in [0.15, 0.2) is 0 Å². The van der Waals surface area contributed by atoms with Crippen LogP contribution < -0.4 is 10.2 Å². The Bertz CT molecular complexity index is 419. The lowest BCUT2D eigenvalue weighted by Gasteiger charge is -2.18. The van der Waals surface area contributed by atoms with Crippen molar-refractivity contribution in [3.05, 3.63) is 24.3 Å². The smallest absolute Gasteiger partial charge is 0.227 e. The number of nitrogens with zero attached hydrogens (tertiary/aromatic N) is 1. The number of hydrogen-bond donors (Lipinski definition) is 1. The summed E-state index contributed by atoms with van der Waals surface area (Å²) >= 11 is 0. The van der Waals surface area contributed by atoms with E-state index in [1.165, 1.54) is 25.7 Å². The van der Waals surface area contributed by atoms with Crippen LogP contribution >= 0.6 is 0 Å². The van der Waals surface area contributed by atoms with Gasteiger partial charge in [-0.15, -0.1) is 0 Å². The molecule has 1 N–H and O–H groups in total. The van der Waals surface area contributed by atoms with Gasteiger partial charge in [-0.1, -0.05) is 19.8 Å². The van der Waals surface area contributed by atoms with E-state index in [0.29, 0.717) is 5.92 Å². The van der Waals surface area contributed by atoms with Crippen molar-refractivity contribution in [3.63, 3.8) is 0 Å². The first-order chi connectivity index (χ1) is 9.08. The van der Waals surface area contributed by atoms with Crippen molar-refractivity contribution in [1.82, 2.24) is 0 Å². The summed E-state index contributed by atoms with van der Waals surface area (Å²) in [7, 11) is 4.02. The molecular formula is C16H24N2O. The van der Waals surface area contributed by atoms with E-state index in [0.717, 1.165) is 11.4 Å². The molecular weight excluding hydrogens is 236 g/mol. The van der Waals surface area contributed by atoms with Crippen LogP contribution in [0.5, 0.6) is 0 Å². The van der Waals surface area contributed by atoms with Gasteiger partial charge < -0.3 is 10.2 Å². The first-order valence-corrected chi connectivity index (χ1v) is 7.16. The van der Waals surface area contributed by atoms with Gasteiger partial charge in [0.05, 0.1) is 0 Å². The summed E-state index contributed by atoms with van der Waals surface area (Å²) in [5.74, 6) is 0.849. The van der Waals surface area contributed by atoms with Crippen LogP contribution in [-0.2, 0) is 4.79 Å². The molecule has 0 aliphatic heterocycles. The number of hydrogen-bond acceptors (Lipinski definition) is 2. The van der Waals surface area contributed by atoms with Crippen LogP contribution in [0.3, 0.4) is 0 Å². The molecule has 1 aliphatic rings. The standard InChI is InChI=1S/C16H24N2O/c1-12(13-6-4-5-7-13)16(19)17-14-8-10-15(11-9-14)18(2)3/h8-13H,4-7H2,1-3H3,(H,17,19). The van der Waals surface area contributed by atoms with Crippen molar-refractivity contribution < 1.29 is 4.79 Å². The second-order valence-corrected chi connectivity index (χ2v) is 5.76. The van der Waals surface area contributed by atoms with Gasteiger partial charge in [-0.05, 0) is 43.0 Å². The highest BCUT2D eigenvalue weighted by atomic mass is 16.1. The molecule has 0 aromatic heterocycles. The number of rotatable bonds is 4. The molecule has 104 valence electrons. The van der Waals surface area contributed by atoms with Crippen molar-refractivity contribution in [2.24, 2.45) is 11.8 Å². The zero-order valence-electron chi connectivity index (χ0n) is 12.1. The number of amides is 1. The van der Waals surface area contributed by atoms with Gasteiger partial charge in [-0.2, -0.15) is 0 Å². The quantitative estimate of drug-likeness (QED) is 0.898. The second kappa shape index (κ2) is 6.09. The third-order valence-electron chi connectivity index (χ3n) is 4.17. The average molecular weight is 260 g/mol. The minimum absolute atomic E-state index is 0.121. The molecule has 1 aromatic carbocycles. The highest BCUT2D eigenvalue weighted by Gasteiger charge is 2.26. The third kappa shape index (κ3) is 3.49. The molecule has 1 atom stereocenters. The SMILES string of the molecule is CC(C(=O)Nc1ccc(N(C)C)cc1)C1CCCC1. The Hall–Kier alpha value is -1.51. The Morgan fingerprint density at radius 3 is 2.32 bits per heavy atom. The van der Waals surface area contributed by atoms with E-state index in [4.69, 9.17) is 0 Å². The van der Waals surface area contributed by atoms with Crippen molar-refractivity contribution in [2.75, 3.05) is 24.3 Å². The fourth-order valence-corrected chi connectivity index (χ4v) is 2.77. The predicted molar refractivity (Wildman–Crippen MR) is 80.5 cm³/mol. The zero-order chi connectivity index (χ0) is 13.8. The maximum atomic E-state index is 12.2. The Morgan fingerprint density at radius 1 is 1.21 bits per heavy atom. The second-order valence-electron chi connectivity index (χ2n) is 5.76.